The van der Waals surface area contributed by atoms with E-state index in [0.29, 0.717) is 5.92 Å². The molecule has 92 valence electrons. The van der Waals surface area contributed by atoms with Crippen LogP contribution in [0, 0.1) is 0 Å². The molecule has 3 heterocycles. The number of aromatic nitrogens is 3. The fourth-order valence-electron chi connectivity index (χ4n) is 2.56. The van der Waals surface area contributed by atoms with E-state index in [1.807, 2.05) is 24.8 Å². The molecular weight excluding hydrogens is 224 g/mol. The van der Waals surface area contributed by atoms with Crippen LogP contribution in [0.1, 0.15) is 24.3 Å². The van der Waals surface area contributed by atoms with Crippen molar-refractivity contribution in [3.05, 3.63) is 48.8 Å². The van der Waals surface area contributed by atoms with E-state index in [1.54, 1.807) is 6.33 Å². The van der Waals surface area contributed by atoms with E-state index in [9.17, 15) is 0 Å². The third-order valence-electron chi connectivity index (χ3n) is 3.58. The summed E-state index contributed by atoms with van der Waals surface area (Å²) in [5.74, 6) is 0.661. The summed E-state index contributed by atoms with van der Waals surface area (Å²) < 4.78 is 0. The third-order valence-corrected chi connectivity index (χ3v) is 3.58. The van der Waals surface area contributed by atoms with Crippen LogP contribution in [-0.4, -0.2) is 28.0 Å². The van der Waals surface area contributed by atoms with Crippen molar-refractivity contribution in [3.63, 3.8) is 0 Å². The lowest BCUT2D eigenvalue weighted by Gasteiger charge is -2.33. The van der Waals surface area contributed by atoms with E-state index in [0.717, 1.165) is 18.8 Å². The van der Waals surface area contributed by atoms with Crippen molar-refractivity contribution in [2.75, 3.05) is 18.0 Å². The molecule has 1 aliphatic heterocycles. The van der Waals surface area contributed by atoms with E-state index >= 15 is 0 Å². The van der Waals surface area contributed by atoms with Gasteiger partial charge in [-0.1, -0.05) is 0 Å². The highest BCUT2D eigenvalue weighted by Gasteiger charge is 2.20. The molecule has 0 atom stereocenters. The Morgan fingerprint density at radius 2 is 1.61 bits per heavy atom. The van der Waals surface area contributed by atoms with E-state index in [2.05, 4.69) is 32.0 Å². The number of hydrogen-bond acceptors (Lipinski definition) is 4. The molecule has 0 amide bonds. The van der Waals surface area contributed by atoms with Gasteiger partial charge in [0.1, 0.15) is 6.33 Å². The Balaban J connectivity index is 1.65. The average Bonchev–Trinajstić information content (AvgIpc) is 2.49. The van der Waals surface area contributed by atoms with Crippen molar-refractivity contribution in [1.29, 1.82) is 0 Å². The second kappa shape index (κ2) is 5.12. The van der Waals surface area contributed by atoms with Crippen LogP contribution in [0.3, 0.4) is 0 Å². The van der Waals surface area contributed by atoms with Gasteiger partial charge in [0.15, 0.2) is 0 Å². The largest absolute Gasteiger partial charge is 0.369 e. The Bertz CT molecular complexity index is 430. The van der Waals surface area contributed by atoms with Gasteiger partial charge in [0.25, 0.3) is 0 Å². The minimum atomic E-state index is 0.661. The minimum Gasteiger partial charge on any atom is -0.369 e. The van der Waals surface area contributed by atoms with Gasteiger partial charge >= 0.3 is 0 Å². The van der Waals surface area contributed by atoms with E-state index in [-0.39, 0.29) is 0 Å². The van der Waals surface area contributed by atoms with Gasteiger partial charge in [0.2, 0.25) is 0 Å². The van der Waals surface area contributed by atoms with Crippen LogP contribution in [0.15, 0.2) is 43.2 Å². The summed E-state index contributed by atoms with van der Waals surface area (Å²) in [5, 5.41) is 0. The fourth-order valence-corrected chi connectivity index (χ4v) is 2.56. The van der Waals surface area contributed by atoms with Gasteiger partial charge in [-0.3, -0.25) is 4.98 Å². The van der Waals surface area contributed by atoms with Crippen LogP contribution < -0.4 is 4.90 Å². The van der Waals surface area contributed by atoms with E-state index < -0.39 is 0 Å². The SMILES string of the molecule is c1cc(C2CCN(c3cncnc3)CC2)ccn1. The summed E-state index contributed by atoms with van der Waals surface area (Å²) in [6.07, 6.45) is 11.5. The number of pyridine rings is 1. The first-order valence-electron chi connectivity index (χ1n) is 6.33. The zero-order chi connectivity index (χ0) is 12.2. The maximum absolute atomic E-state index is 4.08. The zero-order valence-electron chi connectivity index (χ0n) is 10.2. The maximum atomic E-state index is 4.08. The van der Waals surface area contributed by atoms with Crippen LogP contribution >= 0.6 is 0 Å². The van der Waals surface area contributed by atoms with Crippen LogP contribution in [-0.2, 0) is 0 Å². The molecule has 0 aliphatic carbocycles. The van der Waals surface area contributed by atoms with Crippen molar-refractivity contribution in [3.8, 4) is 0 Å². The quantitative estimate of drug-likeness (QED) is 0.807. The van der Waals surface area contributed by atoms with Crippen molar-refractivity contribution >= 4 is 5.69 Å². The fraction of sp³-hybridized carbons (Fsp3) is 0.357. The first-order valence-corrected chi connectivity index (χ1v) is 6.33. The van der Waals surface area contributed by atoms with Crippen LogP contribution in [0.5, 0.6) is 0 Å². The lowest BCUT2D eigenvalue weighted by atomic mass is 9.90. The molecule has 0 radical (unpaired) electrons. The second-order valence-corrected chi connectivity index (χ2v) is 4.64. The number of anilines is 1. The maximum Gasteiger partial charge on any atom is 0.115 e. The molecule has 4 nitrogen and oxygen atoms in total. The highest BCUT2D eigenvalue weighted by atomic mass is 15.1. The lowest BCUT2D eigenvalue weighted by Crippen LogP contribution is -2.32. The number of piperidine rings is 1. The minimum absolute atomic E-state index is 0.661. The first-order chi connectivity index (χ1) is 8.93. The standard InChI is InChI=1S/C14H16N4/c1-5-15-6-2-12(1)13-3-7-18(8-4-13)14-9-16-11-17-10-14/h1-2,5-6,9-11,13H,3-4,7-8H2. The number of hydrogen-bond donors (Lipinski definition) is 0. The Morgan fingerprint density at radius 1 is 0.944 bits per heavy atom. The Hall–Kier alpha value is -1.97. The van der Waals surface area contributed by atoms with Crippen molar-refractivity contribution in [2.45, 2.75) is 18.8 Å². The monoisotopic (exact) mass is 240 g/mol. The topological polar surface area (TPSA) is 41.9 Å². The Kier molecular flexibility index (Phi) is 3.17. The molecule has 0 aromatic carbocycles. The molecule has 3 rings (SSSR count). The molecule has 0 spiro atoms. The molecule has 18 heavy (non-hydrogen) atoms. The van der Waals surface area contributed by atoms with E-state index in [4.69, 9.17) is 0 Å². The van der Waals surface area contributed by atoms with Crippen molar-refractivity contribution in [2.24, 2.45) is 0 Å². The van der Waals surface area contributed by atoms with Gasteiger partial charge in [-0.25, -0.2) is 9.97 Å². The summed E-state index contributed by atoms with van der Waals surface area (Å²) >= 11 is 0. The molecular formula is C14H16N4. The summed E-state index contributed by atoms with van der Waals surface area (Å²) in [5.41, 5.74) is 2.54. The van der Waals surface area contributed by atoms with Gasteiger partial charge in [-0.05, 0) is 36.5 Å². The molecule has 4 heteroatoms. The summed E-state index contributed by atoms with van der Waals surface area (Å²) in [7, 11) is 0. The van der Waals surface area contributed by atoms with Gasteiger partial charge in [0.05, 0.1) is 18.1 Å². The molecule has 0 N–H and O–H groups in total. The molecule has 1 aliphatic rings. The molecule has 0 unspecified atom stereocenters. The van der Waals surface area contributed by atoms with Crippen LogP contribution in [0.25, 0.3) is 0 Å². The average molecular weight is 240 g/mol. The molecule has 1 saturated heterocycles. The van der Waals surface area contributed by atoms with Crippen molar-refractivity contribution < 1.29 is 0 Å². The summed E-state index contributed by atoms with van der Waals surface area (Å²) in [4.78, 5) is 14.6. The van der Waals surface area contributed by atoms with Gasteiger partial charge in [-0.2, -0.15) is 0 Å². The predicted octanol–water partition coefficient (Wildman–Crippen LogP) is 2.26. The normalized spacial score (nSPS) is 16.8. The van der Waals surface area contributed by atoms with Gasteiger partial charge < -0.3 is 4.90 Å². The van der Waals surface area contributed by atoms with E-state index in [1.165, 1.54) is 18.4 Å². The zero-order valence-corrected chi connectivity index (χ0v) is 10.2. The van der Waals surface area contributed by atoms with Crippen LogP contribution in [0.2, 0.25) is 0 Å². The molecule has 0 bridgehead atoms. The highest BCUT2D eigenvalue weighted by molar-refractivity contribution is 5.42. The Morgan fingerprint density at radius 3 is 2.28 bits per heavy atom. The summed E-state index contributed by atoms with van der Waals surface area (Å²) in [6.45, 7) is 2.14. The number of nitrogens with zero attached hydrogens (tertiary/aromatic N) is 4. The second-order valence-electron chi connectivity index (χ2n) is 4.64. The Labute approximate surface area is 107 Å². The van der Waals surface area contributed by atoms with Crippen LogP contribution in [0.4, 0.5) is 5.69 Å². The smallest absolute Gasteiger partial charge is 0.115 e. The predicted molar refractivity (Wildman–Crippen MR) is 70.5 cm³/mol. The van der Waals surface area contributed by atoms with Gasteiger partial charge in [0, 0.05) is 25.5 Å². The molecule has 2 aromatic rings. The molecule has 0 saturated carbocycles. The lowest BCUT2D eigenvalue weighted by molar-refractivity contribution is 0.504. The number of rotatable bonds is 2. The van der Waals surface area contributed by atoms with Crippen molar-refractivity contribution in [1.82, 2.24) is 15.0 Å². The van der Waals surface area contributed by atoms with Gasteiger partial charge in [-0.15, -0.1) is 0 Å². The molecule has 1 fully saturated rings. The summed E-state index contributed by atoms with van der Waals surface area (Å²) in [6, 6.07) is 4.26. The highest BCUT2D eigenvalue weighted by Crippen LogP contribution is 2.29. The molecule has 2 aromatic heterocycles. The third kappa shape index (κ3) is 2.32. The first kappa shape index (κ1) is 11.1.